The predicted molar refractivity (Wildman–Crippen MR) is 41.6 cm³/mol. The second kappa shape index (κ2) is 2.60. The summed E-state index contributed by atoms with van der Waals surface area (Å²) in [5, 5.41) is 0. The molecule has 1 rings (SSSR count). The van der Waals surface area contributed by atoms with Gasteiger partial charge < -0.3 is 0 Å². The van der Waals surface area contributed by atoms with E-state index in [4.69, 9.17) is 0 Å². The Bertz CT molecular complexity index is 174. The van der Waals surface area contributed by atoms with E-state index in [0.29, 0.717) is 3.70 Å². The highest BCUT2D eigenvalue weighted by Gasteiger charge is 1.93. The third-order valence-electron chi connectivity index (χ3n) is 0.907. The molecule has 0 amide bonds. The van der Waals surface area contributed by atoms with Crippen LogP contribution in [0.4, 0.5) is 4.39 Å². The Kier molecular flexibility index (Phi) is 2.00. The second-order valence-electron chi connectivity index (χ2n) is 1.79. The highest BCUT2D eigenvalue weighted by molar-refractivity contribution is 14.1. The third-order valence-corrected chi connectivity index (χ3v) is 1.46. The molecule has 9 heavy (non-hydrogen) atoms. The number of rotatable bonds is 0. The van der Waals surface area contributed by atoms with Gasteiger partial charge in [0.2, 0.25) is 5.95 Å². The summed E-state index contributed by atoms with van der Waals surface area (Å²) in [5.74, 6) is -0.403. The van der Waals surface area contributed by atoms with Gasteiger partial charge in [0.1, 0.15) is 3.70 Å². The Morgan fingerprint density at radius 1 is 1.56 bits per heavy atom. The minimum absolute atomic E-state index is 0.403. The van der Waals surface area contributed by atoms with Gasteiger partial charge in [0.25, 0.3) is 0 Å². The quantitative estimate of drug-likeness (QED) is 0.497. The lowest BCUT2D eigenvalue weighted by molar-refractivity contribution is 0.579. The van der Waals surface area contributed by atoms with Gasteiger partial charge in [-0.2, -0.15) is 4.39 Å². The van der Waals surface area contributed by atoms with Crippen molar-refractivity contribution in [1.29, 1.82) is 0 Å². The minimum atomic E-state index is -0.403. The van der Waals surface area contributed by atoms with Crippen molar-refractivity contribution in [3.05, 3.63) is 27.3 Å². The average molecular weight is 237 g/mol. The monoisotopic (exact) mass is 237 g/mol. The molecule has 1 aromatic rings. The summed E-state index contributed by atoms with van der Waals surface area (Å²) in [6.45, 7) is 1.84. The Hall–Kier alpha value is -0.190. The lowest BCUT2D eigenvalue weighted by Crippen LogP contribution is -1.86. The van der Waals surface area contributed by atoms with E-state index in [9.17, 15) is 4.39 Å². The largest absolute Gasteiger partial charge is 0.214 e. The first-order chi connectivity index (χ1) is 4.18. The van der Waals surface area contributed by atoms with E-state index < -0.39 is 5.95 Å². The van der Waals surface area contributed by atoms with Gasteiger partial charge in [-0.15, -0.1) is 0 Å². The molecule has 1 aromatic heterocycles. The van der Waals surface area contributed by atoms with E-state index in [2.05, 4.69) is 4.98 Å². The van der Waals surface area contributed by atoms with E-state index in [1.54, 1.807) is 0 Å². The smallest absolute Gasteiger partial charge is 0.214 e. The van der Waals surface area contributed by atoms with Gasteiger partial charge in [0, 0.05) is 0 Å². The molecule has 0 saturated carbocycles. The van der Waals surface area contributed by atoms with Crippen molar-refractivity contribution >= 4 is 22.6 Å². The standard InChI is InChI=1S/C6H5FIN/c1-4-2-5(7)9-6(8)3-4/h2-3H,1H3. The number of hydrogen-bond donors (Lipinski definition) is 0. The van der Waals surface area contributed by atoms with Crippen LogP contribution in [0.1, 0.15) is 5.56 Å². The molecule has 0 aliphatic rings. The van der Waals surface area contributed by atoms with Crippen molar-refractivity contribution in [2.45, 2.75) is 6.92 Å². The molecule has 1 nitrogen and oxygen atoms in total. The number of aryl methyl sites for hydroxylation is 1. The summed E-state index contributed by atoms with van der Waals surface area (Å²) in [4.78, 5) is 3.55. The molecule has 0 atom stereocenters. The van der Waals surface area contributed by atoms with E-state index in [0.717, 1.165) is 5.56 Å². The van der Waals surface area contributed by atoms with Gasteiger partial charge in [-0.25, -0.2) is 4.98 Å². The van der Waals surface area contributed by atoms with E-state index in [1.807, 2.05) is 35.6 Å². The molecule has 48 valence electrons. The Morgan fingerprint density at radius 2 is 2.22 bits per heavy atom. The average Bonchev–Trinajstić information content (AvgIpc) is 1.59. The molecule has 3 heteroatoms. The van der Waals surface area contributed by atoms with Gasteiger partial charge in [-0.05, 0) is 47.2 Å². The molecule has 0 radical (unpaired) electrons. The first-order valence-electron chi connectivity index (χ1n) is 2.48. The zero-order valence-corrected chi connectivity index (χ0v) is 7.02. The maximum absolute atomic E-state index is 12.3. The topological polar surface area (TPSA) is 12.9 Å². The summed E-state index contributed by atoms with van der Waals surface area (Å²) >= 11 is 1.98. The zero-order valence-electron chi connectivity index (χ0n) is 4.86. The van der Waals surface area contributed by atoms with Gasteiger partial charge in [0.15, 0.2) is 0 Å². The van der Waals surface area contributed by atoms with Crippen molar-refractivity contribution in [2.24, 2.45) is 0 Å². The highest BCUT2D eigenvalue weighted by Crippen LogP contribution is 2.05. The van der Waals surface area contributed by atoms with Crippen molar-refractivity contribution in [1.82, 2.24) is 4.98 Å². The number of aromatic nitrogens is 1. The van der Waals surface area contributed by atoms with Gasteiger partial charge in [0.05, 0.1) is 0 Å². The van der Waals surface area contributed by atoms with Crippen LogP contribution in [-0.2, 0) is 0 Å². The van der Waals surface area contributed by atoms with Crippen LogP contribution >= 0.6 is 22.6 Å². The normalized spacial score (nSPS) is 9.67. The number of halogens is 2. The summed E-state index contributed by atoms with van der Waals surface area (Å²) in [5.41, 5.74) is 0.909. The fourth-order valence-corrected chi connectivity index (χ4v) is 1.31. The molecule has 0 unspecified atom stereocenters. The highest BCUT2D eigenvalue weighted by atomic mass is 127. The molecule has 0 spiro atoms. The molecule has 0 fully saturated rings. The maximum atomic E-state index is 12.3. The van der Waals surface area contributed by atoms with Crippen LogP contribution < -0.4 is 0 Å². The molecule has 0 saturated heterocycles. The Balaban J connectivity index is 3.17. The number of nitrogens with zero attached hydrogens (tertiary/aromatic N) is 1. The van der Waals surface area contributed by atoms with E-state index >= 15 is 0 Å². The molecule has 0 aromatic carbocycles. The van der Waals surface area contributed by atoms with Crippen LogP contribution in [0.2, 0.25) is 0 Å². The Morgan fingerprint density at radius 3 is 2.67 bits per heavy atom. The summed E-state index contributed by atoms with van der Waals surface area (Å²) in [7, 11) is 0. The molecule has 0 N–H and O–H groups in total. The lowest BCUT2D eigenvalue weighted by Gasteiger charge is -1.91. The van der Waals surface area contributed by atoms with Gasteiger partial charge in [-0.1, -0.05) is 0 Å². The van der Waals surface area contributed by atoms with Crippen LogP contribution in [0.15, 0.2) is 12.1 Å². The second-order valence-corrected chi connectivity index (χ2v) is 2.90. The third kappa shape index (κ3) is 1.89. The molecule has 0 aliphatic heterocycles. The fourth-order valence-electron chi connectivity index (χ4n) is 0.584. The first-order valence-corrected chi connectivity index (χ1v) is 3.56. The Labute approximate surface area is 66.4 Å². The molecule has 0 bridgehead atoms. The summed E-state index contributed by atoms with van der Waals surface area (Å²) in [6, 6.07) is 3.23. The first kappa shape index (κ1) is 6.92. The van der Waals surface area contributed by atoms with E-state index in [1.165, 1.54) is 6.07 Å². The fraction of sp³-hybridized carbons (Fsp3) is 0.167. The van der Waals surface area contributed by atoms with Crippen LogP contribution in [-0.4, -0.2) is 4.98 Å². The number of pyridine rings is 1. The minimum Gasteiger partial charge on any atom is -0.214 e. The van der Waals surface area contributed by atoms with Crippen LogP contribution in [0.3, 0.4) is 0 Å². The van der Waals surface area contributed by atoms with Crippen molar-refractivity contribution in [2.75, 3.05) is 0 Å². The lowest BCUT2D eigenvalue weighted by atomic mass is 10.3. The zero-order chi connectivity index (χ0) is 6.85. The van der Waals surface area contributed by atoms with Crippen molar-refractivity contribution < 1.29 is 4.39 Å². The predicted octanol–water partition coefficient (Wildman–Crippen LogP) is 2.13. The maximum Gasteiger partial charge on any atom is 0.214 e. The van der Waals surface area contributed by atoms with E-state index in [-0.39, 0.29) is 0 Å². The molecule has 1 heterocycles. The molecular formula is C6H5FIN. The number of hydrogen-bond acceptors (Lipinski definition) is 1. The van der Waals surface area contributed by atoms with Crippen molar-refractivity contribution in [3.63, 3.8) is 0 Å². The summed E-state index contributed by atoms with van der Waals surface area (Å²) in [6.07, 6.45) is 0. The van der Waals surface area contributed by atoms with Crippen LogP contribution in [0, 0.1) is 16.6 Å². The van der Waals surface area contributed by atoms with Crippen LogP contribution in [0.25, 0.3) is 0 Å². The SMILES string of the molecule is Cc1cc(F)nc(I)c1. The van der Waals surface area contributed by atoms with Crippen molar-refractivity contribution in [3.8, 4) is 0 Å². The van der Waals surface area contributed by atoms with Gasteiger partial charge >= 0.3 is 0 Å². The summed E-state index contributed by atoms with van der Waals surface area (Å²) < 4.78 is 13.0. The molecular weight excluding hydrogens is 232 g/mol. The van der Waals surface area contributed by atoms with Crippen LogP contribution in [0.5, 0.6) is 0 Å². The molecule has 0 aliphatic carbocycles. The van der Waals surface area contributed by atoms with Gasteiger partial charge in [-0.3, -0.25) is 0 Å².